The number of hydrogen-bond donors (Lipinski definition) is 6. The fraction of sp³-hybridized carbons (Fsp3) is 0.985. The Morgan fingerprint density at radius 2 is 0.667 bits per heavy atom. The zero-order chi connectivity index (χ0) is 54.3. The Labute approximate surface area is 465 Å². The molecule has 1 aliphatic heterocycles. The lowest BCUT2D eigenvalue weighted by Gasteiger charge is -2.40. The molecule has 9 nitrogen and oxygen atoms in total. The predicted octanol–water partition coefficient (Wildman–Crippen LogP) is 17.8. The first kappa shape index (κ1) is 72.2. The molecule has 0 bridgehead atoms. The van der Waals surface area contributed by atoms with Gasteiger partial charge in [-0.2, -0.15) is 0 Å². The second-order valence-corrected chi connectivity index (χ2v) is 24.0. The number of ether oxygens (including phenoxy) is 2. The lowest BCUT2D eigenvalue weighted by atomic mass is 9.99. The van der Waals surface area contributed by atoms with Crippen molar-refractivity contribution in [3.8, 4) is 0 Å². The number of nitrogens with one attached hydrogen (secondary N) is 1. The van der Waals surface area contributed by atoms with Crippen LogP contribution in [0.3, 0.4) is 0 Å². The zero-order valence-corrected chi connectivity index (χ0v) is 50.1. The molecule has 75 heavy (non-hydrogen) atoms. The molecule has 448 valence electrons. The molecular weight excluding hydrogens is 935 g/mol. The fourth-order valence-electron chi connectivity index (χ4n) is 11.4. The van der Waals surface area contributed by atoms with Crippen molar-refractivity contribution in [1.29, 1.82) is 0 Å². The highest BCUT2D eigenvalue weighted by Gasteiger charge is 2.44. The molecule has 9 heteroatoms. The number of amides is 1. The monoisotopic (exact) mass is 1070 g/mol. The van der Waals surface area contributed by atoms with Gasteiger partial charge in [-0.3, -0.25) is 4.79 Å². The van der Waals surface area contributed by atoms with Gasteiger partial charge in [0.2, 0.25) is 5.91 Å². The Balaban J connectivity index is 2.11. The van der Waals surface area contributed by atoms with E-state index in [2.05, 4.69) is 19.2 Å². The molecule has 0 saturated carbocycles. The minimum atomic E-state index is -1.55. The summed E-state index contributed by atoms with van der Waals surface area (Å²) in [5, 5.41) is 54.9. The predicted molar refractivity (Wildman–Crippen MR) is 318 cm³/mol. The van der Waals surface area contributed by atoms with E-state index in [1.807, 2.05) is 0 Å². The molecule has 1 amide bonds. The number of aliphatic hydroxyl groups is 5. The smallest absolute Gasteiger partial charge is 0.220 e. The highest BCUT2D eigenvalue weighted by atomic mass is 16.7. The van der Waals surface area contributed by atoms with Crippen LogP contribution in [0.2, 0.25) is 0 Å². The van der Waals surface area contributed by atoms with E-state index in [-0.39, 0.29) is 12.5 Å². The van der Waals surface area contributed by atoms with Crippen molar-refractivity contribution in [2.24, 2.45) is 0 Å². The van der Waals surface area contributed by atoms with Gasteiger partial charge in [0.15, 0.2) is 6.29 Å². The van der Waals surface area contributed by atoms with E-state index >= 15 is 0 Å². The van der Waals surface area contributed by atoms with Crippen molar-refractivity contribution >= 4 is 5.91 Å². The summed E-state index contributed by atoms with van der Waals surface area (Å²) in [5.41, 5.74) is 0. The average molecular weight is 1070 g/mol. The van der Waals surface area contributed by atoms with Gasteiger partial charge in [-0.15, -0.1) is 0 Å². The van der Waals surface area contributed by atoms with E-state index in [4.69, 9.17) is 9.47 Å². The van der Waals surface area contributed by atoms with Gasteiger partial charge < -0.3 is 40.3 Å². The van der Waals surface area contributed by atoms with Gasteiger partial charge in [0.05, 0.1) is 25.4 Å². The van der Waals surface area contributed by atoms with Crippen molar-refractivity contribution in [2.75, 3.05) is 13.2 Å². The topological polar surface area (TPSA) is 149 Å². The normalized spacial score (nSPS) is 18.7. The first-order valence-corrected chi connectivity index (χ1v) is 33.7. The van der Waals surface area contributed by atoms with Crippen LogP contribution in [0.5, 0.6) is 0 Å². The molecule has 1 aliphatic rings. The molecule has 7 unspecified atom stereocenters. The number of rotatable bonds is 60. The molecule has 1 heterocycles. The summed E-state index contributed by atoms with van der Waals surface area (Å²) in [6, 6.07) is -0.715. The Hall–Kier alpha value is -0.810. The molecule has 0 aromatic rings. The summed E-state index contributed by atoms with van der Waals surface area (Å²) in [5.74, 6) is -0.134. The van der Waals surface area contributed by atoms with Crippen LogP contribution in [0.15, 0.2) is 0 Å². The molecule has 0 aromatic carbocycles. The summed E-state index contributed by atoms with van der Waals surface area (Å²) in [6.07, 6.45) is 63.1. The second kappa shape index (κ2) is 56.5. The SMILES string of the molecule is CCCCCCCCCCCCCCCCCCCCCCCCCCCCCCCC(O)C(COC1OC(CO)C(O)C(O)C1O)NC(=O)CCCCCCCCCCCCCCCCCCCCCCCCC. The summed E-state index contributed by atoms with van der Waals surface area (Å²) < 4.78 is 11.4. The van der Waals surface area contributed by atoms with Gasteiger partial charge in [0.1, 0.15) is 24.4 Å². The third-order valence-corrected chi connectivity index (χ3v) is 16.7. The maximum atomic E-state index is 13.1. The molecule has 7 atom stereocenters. The number of unbranched alkanes of at least 4 members (excludes halogenated alkanes) is 50. The minimum absolute atomic E-state index is 0.130. The first-order chi connectivity index (χ1) is 36.8. The maximum absolute atomic E-state index is 13.1. The minimum Gasteiger partial charge on any atom is -0.394 e. The largest absolute Gasteiger partial charge is 0.394 e. The van der Waals surface area contributed by atoms with E-state index in [0.717, 1.165) is 38.5 Å². The molecule has 0 radical (unpaired) electrons. The number of carbonyl (C=O) groups is 1. The fourth-order valence-corrected chi connectivity index (χ4v) is 11.4. The first-order valence-electron chi connectivity index (χ1n) is 33.7. The number of carbonyl (C=O) groups excluding carboxylic acids is 1. The average Bonchev–Trinajstić information content (AvgIpc) is 3.41. The van der Waals surface area contributed by atoms with Gasteiger partial charge in [-0.1, -0.05) is 341 Å². The molecule has 1 saturated heterocycles. The van der Waals surface area contributed by atoms with Crippen molar-refractivity contribution < 1.29 is 39.8 Å². The van der Waals surface area contributed by atoms with Crippen LogP contribution in [0, 0.1) is 0 Å². The maximum Gasteiger partial charge on any atom is 0.220 e. The summed E-state index contributed by atoms with van der Waals surface area (Å²) in [4.78, 5) is 13.1. The number of hydrogen-bond acceptors (Lipinski definition) is 8. The van der Waals surface area contributed by atoms with Crippen LogP contribution in [0.25, 0.3) is 0 Å². The Bertz CT molecular complexity index is 1140. The van der Waals surface area contributed by atoms with E-state index in [9.17, 15) is 30.3 Å². The molecule has 1 rings (SSSR count). The lowest BCUT2D eigenvalue weighted by Crippen LogP contribution is -2.60. The standard InChI is InChI=1S/C66H131NO8/c1-3-5-7-9-11-13-15-17-19-21-23-25-27-28-29-30-31-32-34-35-37-39-41-43-45-47-49-51-53-55-60(69)59(58-74-66-65(73)64(72)63(71)61(57-68)75-66)67-62(70)56-54-52-50-48-46-44-42-40-38-36-33-26-24-22-20-18-16-14-12-10-8-6-4-2/h59-61,63-66,68-69,71-73H,3-58H2,1-2H3,(H,67,70). The number of aliphatic hydroxyl groups excluding tert-OH is 5. The van der Waals surface area contributed by atoms with Crippen molar-refractivity contribution in [3.63, 3.8) is 0 Å². The molecule has 6 N–H and O–H groups in total. The Kier molecular flexibility index (Phi) is 54.4. The van der Waals surface area contributed by atoms with Gasteiger partial charge in [-0.25, -0.2) is 0 Å². The summed E-state index contributed by atoms with van der Waals surface area (Å²) in [6.45, 7) is 3.91. The quantitative estimate of drug-likeness (QED) is 0.0330. The lowest BCUT2D eigenvalue weighted by molar-refractivity contribution is -0.302. The summed E-state index contributed by atoms with van der Waals surface area (Å²) in [7, 11) is 0. The summed E-state index contributed by atoms with van der Waals surface area (Å²) >= 11 is 0. The highest BCUT2D eigenvalue weighted by Crippen LogP contribution is 2.24. The molecule has 1 fully saturated rings. The third kappa shape index (κ3) is 45.6. The van der Waals surface area contributed by atoms with Gasteiger partial charge >= 0.3 is 0 Å². The third-order valence-electron chi connectivity index (χ3n) is 16.7. The zero-order valence-electron chi connectivity index (χ0n) is 50.1. The molecule has 0 spiro atoms. The highest BCUT2D eigenvalue weighted by molar-refractivity contribution is 5.76. The van der Waals surface area contributed by atoms with Gasteiger partial charge in [-0.05, 0) is 12.8 Å². The van der Waals surface area contributed by atoms with Crippen LogP contribution < -0.4 is 5.32 Å². The molecule has 0 aliphatic carbocycles. The van der Waals surface area contributed by atoms with E-state index in [0.29, 0.717) is 12.8 Å². The van der Waals surface area contributed by atoms with Crippen molar-refractivity contribution in [2.45, 2.75) is 403 Å². The second-order valence-electron chi connectivity index (χ2n) is 24.0. The Morgan fingerprint density at radius 1 is 0.400 bits per heavy atom. The van der Waals surface area contributed by atoms with Crippen LogP contribution >= 0.6 is 0 Å². The van der Waals surface area contributed by atoms with E-state index < -0.39 is 49.5 Å². The van der Waals surface area contributed by atoms with Crippen molar-refractivity contribution in [3.05, 3.63) is 0 Å². The van der Waals surface area contributed by atoms with E-state index in [1.165, 1.54) is 295 Å². The molecule has 0 aromatic heterocycles. The van der Waals surface area contributed by atoms with Crippen LogP contribution in [-0.4, -0.2) is 87.5 Å². The van der Waals surface area contributed by atoms with Crippen LogP contribution in [0.4, 0.5) is 0 Å². The van der Waals surface area contributed by atoms with Crippen LogP contribution in [-0.2, 0) is 14.3 Å². The van der Waals surface area contributed by atoms with Gasteiger partial charge in [0.25, 0.3) is 0 Å². The van der Waals surface area contributed by atoms with Gasteiger partial charge in [0, 0.05) is 6.42 Å². The van der Waals surface area contributed by atoms with Crippen molar-refractivity contribution in [1.82, 2.24) is 5.32 Å². The van der Waals surface area contributed by atoms with Crippen LogP contribution in [0.1, 0.15) is 361 Å². The molecular formula is C66H131NO8. The Morgan fingerprint density at radius 3 is 0.947 bits per heavy atom. The van der Waals surface area contributed by atoms with E-state index in [1.54, 1.807) is 0 Å².